The maximum atomic E-state index is 11.8. The van der Waals surface area contributed by atoms with Crippen molar-refractivity contribution in [3.8, 4) is 11.5 Å². The summed E-state index contributed by atoms with van der Waals surface area (Å²) in [4.78, 5) is 19.9. The molecule has 3 heterocycles. The van der Waals surface area contributed by atoms with E-state index in [2.05, 4.69) is 25.6 Å². The summed E-state index contributed by atoms with van der Waals surface area (Å²) in [7, 11) is 0. The lowest BCUT2D eigenvalue weighted by molar-refractivity contribution is -0.120. The molecule has 112 valence electrons. The highest BCUT2D eigenvalue weighted by Crippen LogP contribution is 2.14. The number of pyridine rings is 1. The van der Waals surface area contributed by atoms with Gasteiger partial charge in [-0.2, -0.15) is 4.98 Å². The maximum Gasteiger partial charge on any atom is 0.246 e. The van der Waals surface area contributed by atoms with Crippen LogP contribution in [0.3, 0.4) is 0 Å². The molecule has 0 saturated carbocycles. The number of hydrogen-bond acceptors (Lipinski definition) is 7. The lowest BCUT2D eigenvalue weighted by Crippen LogP contribution is -2.24. The average molecular weight is 299 g/mol. The highest BCUT2D eigenvalue weighted by molar-refractivity contribution is 5.78. The molecule has 8 nitrogen and oxygen atoms in total. The fourth-order valence-corrected chi connectivity index (χ4v) is 1.83. The van der Waals surface area contributed by atoms with Gasteiger partial charge in [-0.3, -0.25) is 9.78 Å². The van der Waals surface area contributed by atoms with Crippen molar-refractivity contribution in [3.63, 3.8) is 0 Å². The van der Waals surface area contributed by atoms with E-state index in [0.717, 1.165) is 5.56 Å². The molecule has 0 atom stereocenters. The summed E-state index contributed by atoms with van der Waals surface area (Å²) in [5.41, 5.74) is 1.38. The van der Waals surface area contributed by atoms with Gasteiger partial charge in [0.25, 0.3) is 0 Å². The number of nitrogens with one attached hydrogen (secondary N) is 1. The number of nitrogens with zero attached hydrogens (tertiary/aromatic N) is 4. The summed E-state index contributed by atoms with van der Waals surface area (Å²) in [5, 5.41) is 10.3. The molecule has 0 bridgehead atoms. The van der Waals surface area contributed by atoms with Crippen LogP contribution >= 0.6 is 0 Å². The minimum atomic E-state index is -0.136. The third kappa shape index (κ3) is 3.35. The summed E-state index contributed by atoms with van der Waals surface area (Å²) in [5.74, 6) is 1.16. The Bertz CT molecular complexity index is 766. The van der Waals surface area contributed by atoms with E-state index in [-0.39, 0.29) is 18.9 Å². The zero-order chi connectivity index (χ0) is 15.4. The molecule has 0 aliphatic rings. The van der Waals surface area contributed by atoms with Crippen LogP contribution in [0.2, 0.25) is 0 Å². The van der Waals surface area contributed by atoms with Crippen LogP contribution in [0.25, 0.3) is 11.5 Å². The molecule has 0 aliphatic carbocycles. The van der Waals surface area contributed by atoms with Gasteiger partial charge in [-0.05, 0) is 24.6 Å². The van der Waals surface area contributed by atoms with Crippen LogP contribution < -0.4 is 5.32 Å². The van der Waals surface area contributed by atoms with Gasteiger partial charge in [-0.15, -0.1) is 0 Å². The molecular formula is C14H13N5O3. The third-order valence-corrected chi connectivity index (χ3v) is 2.88. The van der Waals surface area contributed by atoms with E-state index in [1.807, 2.05) is 0 Å². The van der Waals surface area contributed by atoms with Gasteiger partial charge < -0.3 is 14.4 Å². The minimum Gasteiger partial charge on any atom is -0.361 e. The topological polar surface area (TPSA) is 107 Å². The van der Waals surface area contributed by atoms with E-state index in [1.165, 1.54) is 0 Å². The average Bonchev–Trinajstić information content (AvgIpc) is 3.15. The van der Waals surface area contributed by atoms with Crippen LogP contribution in [-0.2, 0) is 17.8 Å². The molecular weight excluding hydrogens is 286 g/mol. The van der Waals surface area contributed by atoms with Crippen molar-refractivity contribution < 1.29 is 13.8 Å². The van der Waals surface area contributed by atoms with E-state index in [4.69, 9.17) is 9.05 Å². The quantitative estimate of drug-likeness (QED) is 0.756. The second-order valence-corrected chi connectivity index (χ2v) is 4.64. The monoisotopic (exact) mass is 299 g/mol. The first-order chi connectivity index (χ1) is 10.7. The first-order valence-electron chi connectivity index (χ1n) is 6.62. The van der Waals surface area contributed by atoms with Crippen LogP contribution in [0.5, 0.6) is 0 Å². The minimum absolute atomic E-state index is 0.136. The van der Waals surface area contributed by atoms with Gasteiger partial charge in [-0.25, -0.2) is 0 Å². The van der Waals surface area contributed by atoms with Crippen LogP contribution in [0.1, 0.15) is 17.2 Å². The van der Waals surface area contributed by atoms with Crippen molar-refractivity contribution in [1.29, 1.82) is 0 Å². The highest BCUT2D eigenvalue weighted by atomic mass is 16.5. The maximum absolute atomic E-state index is 11.8. The van der Waals surface area contributed by atoms with Gasteiger partial charge in [0.2, 0.25) is 17.6 Å². The van der Waals surface area contributed by atoms with Crippen molar-refractivity contribution in [2.45, 2.75) is 19.9 Å². The van der Waals surface area contributed by atoms with Crippen molar-refractivity contribution in [2.75, 3.05) is 0 Å². The first-order valence-corrected chi connectivity index (χ1v) is 6.62. The fraction of sp³-hybridized carbons (Fsp3) is 0.214. The number of carbonyl (C=O) groups excluding carboxylic acids is 1. The van der Waals surface area contributed by atoms with Gasteiger partial charge in [0.1, 0.15) is 5.76 Å². The Morgan fingerprint density at radius 1 is 1.23 bits per heavy atom. The van der Waals surface area contributed by atoms with Crippen LogP contribution in [0.4, 0.5) is 0 Å². The first kappa shape index (κ1) is 13.9. The molecule has 3 aromatic rings. The lowest BCUT2D eigenvalue weighted by Gasteiger charge is -2.01. The molecule has 0 aliphatic heterocycles. The zero-order valence-electron chi connectivity index (χ0n) is 11.8. The highest BCUT2D eigenvalue weighted by Gasteiger charge is 2.13. The SMILES string of the molecule is Cc1cc(-c2noc(CNC(=O)Cc3ccncc3)n2)no1. The second-order valence-electron chi connectivity index (χ2n) is 4.64. The number of rotatable bonds is 5. The molecule has 0 fully saturated rings. The molecule has 0 unspecified atom stereocenters. The van der Waals surface area contributed by atoms with Crippen molar-refractivity contribution in [1.82, 2.24) is 25.6 Å². The third-order valence-electron chi connectivity index (χ3n) is 2.88. The zero-order valence-corrected chi connectivity index (χ0v) is 11.8. The van der Waals surface area contributed by atoms with Gasteiger partial charge in [0, 0.05) is 18.5 Å². The Labute approximate surface area is 125 Å². The van der Waals surface area contributed by atoms with Gasteiger partial charge in [-0.1, -0.05) is 10.3 Å². The summed E-state index contributed by atoms with van der Waals surface area (Å²) < 4.78 is 10.0. The van der Waals surface area contributed by atoms with Crippen LogP contribution in [-0.4, -0.2) is 26.2 Å². The Morgan fingerprint density at radius 2 is 2.05 bits per heavy atom. The molecule has 0 radical (unpaired) electrons. The number of amides is 1. The van der Waals surface area contributed by atoms with E-state index in [0.29, 0.717) is 23.2 Å². The van der Waals surface area contributed by atoms with E-state index in [9.17, 15) is 4.79 Å². The van der Waals surface area contributed by atoms with Crippen molar-refractivity contribution in [2.24, 2.45) is 0 Å². The Balaban J connectivity index is 1.56. The summed E-state index contributed by atoms with van der Waals surface area (Å²) in [6.45, 7) is 1.94. The van der Waals surface area contributed by atoms with Gasteiger partial charge in [0.05, 0.1) is 13.0 Å². The molecule has 3 aromatic heterocycles. The van der Waals surface area contributed by atoms with E-state index >= 15 is 0 Å². The van der Waals surface area contributed by atoms with Crippen LogP contribution in [0, 0.1) is 6.92 Å². The second kappa shape index (κ2) is 6.17. The molecule has 1 amide bonds. The smallest absolute Gasteiger partial charge is 0.246 e. The summed E-state index contributed by atoms with van der Waals surface area (Å²) in [6.07, 6.45) is 3.56. The Kier molecular flexibility index (Phi) is 3.90. The van der Waals surface area contributed by atoms with Gasteiger partial charge in [0.15, 0.2) is 5.69 Å². The molecule has 8 heteroatoms. The standard InChI is InChI=1S/C14H13N5O3/c1-9-6-11(18-21-9)14-17-13(22-19-14)8-16-12(20)7-10-2-4-15-5-3-10/h2-6H,7-8H2,1H3,(H,16,20). The van der Waals surface area contributed by atoms with Gasteiger partial charge >= 0.3 is 0 Å². The fourth-order valence-electron chi connectivity index (χ4n) is 1.83. The lowest BCUT2D eigenvalue weighted by atomic mass is 10.2. The number of aryl methyl sites for hydroxylation is 1. The molecule has 1 N–H and O–H groups in total. The predicted octanol–water partition coefficient (Wildman–Crippen LogP) is 1.29. The summed E-state index contributed by atoms with van der Waals surface area (Å²) >= 11 is 0. The molecule has 3 rings (SSSR count). The molecule has 0 spiro atoms. The molecule has 22 heavy (non-hydrogen) atoms. The number of hydrogen-bond donors (Lipinski definition) is 1. The number of carbonyl (C=O) groups is 1. The number of aromatic nitrogens is 4. The predicted molar refractivity (Wildman–Crippen MR) is 74.3 cm³/mol. The largest absolute Gasteiger partial charge is 0.361 e. The Hall–Kier alpha value is -3.03. The summed E-state index contributed by atoms with van der Waals surface area (Å²) in [6, 6.07) is 5.28. The molecule has 0 aromatic carbocycles. The van der Waals surface area contributed by atoms with Crippen molar-refractivity contribution >= 4 is 5.91 Å². The Morgan fingerprint density at radius 3 is 2.77 bits per heavy atom. The molecule has 0 saturated heterocycles. The van der Waals surface area contributed by atoms with E-state index < -0.39 is 0 Å². The van der Waals surface area contributed by atoms with Crippen LogP contribution in [0.15, 0.2) is 39.6 Å². The van der Waals surface area contributed by atoms with Crippen molar-refractivity contribution in [3.05, 3.63) is 47.8 Å². The normalized spacial score (nSPS) is 10.6. The van der Waals surface area contributed by atoms with E-state index in [1.54, 1.807) is 37.5 Å².